The Morgan fingerprint density at radius 2 is 2.08 bits per heavy atom. The number of phenols is 1. The Kier molecular flexibility index (Phi) is 3.73. The van der Waals surface area contributed by atoms with Crippen LogP contribution in [0.25, 0.3) is 0 Å². The van der Waals surface area contributed by atoms with Crippen LogP contribution < -0.4 is 0 Å². The molecule has 1 aromatic carbocycles. The third-order valence-electron chi connectivity index (χ3n) is 1.89. The average molecular weight is 182 g/mol. The molecule has 0 aliphatic carbocycles. The molecule has 1 unspecified atom stereocenters. The second kappa shape index (κ2) is 4.84. The van der Waals surface area contributed by atoms with Crippen LogP contribution in [0.4, 0.5) is 0 Å². The summed E-state index contributed by atoms with van der Waals surface area (Å²) in [5.41, 5.74) is 0.965. The van der Waals surface area contributed by atoms with E-state index in [0.717, 1.165) is 5.56 Å². The minimum absolute atomic E-state index is 0.210. The quantitative estimate of drug-likeness (QED) is 0.641. The molecule has 72 valence electrons. The first kappa shape index (κ1) is 10.0. The number of aryl methyl sites for hydroxylation is 1. The van der Waals surface area contributed by atoms with E-state index in [2.05, 4.69) is 0 Å². The highest BCUT2D eigenvalue weighted by Gasteiger charge is 2.02. The van der Waals surface area contributed by atoms with E-state index >= 15 is 0 Å². The van der Waals surface area contributed by atoms with Gasteiger partial charge in [0.25, 0.3) is 0 Å². The predicted octanol–water partition coefficient (Wildman–Crippen LogP) is 0.678. The topological polar surface area (TPSA) is 60.7 Å². The maximum absolute atomic E-state index is 9.12. The first-order valence-electron chi connectivity index (χ1n) is 4.29. The number of aliphatic hydroxyl groups excluding tert-OH is 2. The summed E-state index contributed by atoms with van der Waals surface area (Å²) in [4.78, 5) is 0. The first-order chi connectivity index (χ1) is 6.22. The monoisotopic (exact) mass is 182 g/mol. The summed E-state index contributed by atoms with van der Waals surface area (Å²) in [6.45, 7) is -0.210. The summed E-state index contributed by atoms with van der Waals surface area (Å²) in [5.74, 6) is 0.232. The van der Waals surface area contributed by atoms with Gasteiger partial charge in [0, 0.05) is 0 Å². The van der Waals surface area contributed by atoms with E-state index in [9.17, 15) is 0 Å². The van der Waals surface area contributed by atoms with Gasteiger partial charge in [0.15, 0.2) is 0 Å². The first-order valence-corrected chi connectivity index (χ1v) is 4.29. The number of phenolic OH excluding ortho intramolecular Hbond substituents is 1. The molecule has 0 heterocycles. The number of aliphatic hydroxyl groups is 2. The van der Waals surface area contributed by atoms with Crippen LogP contribution in [0.2, 0.25) is 0 Å². The van der Waals surface area contributed by atoms with E-state index in [0.29, 0.717) is 12.8 Å². The van der Waals surface area contributed by atoms with Gasteiger partial charge in [-0.1, -0.05) is 12.1 Å². The molecule has 1 rings (SSSR count). The van der Waals surface area contributed by atoms with Crippen molar-refractivity contribution in [3.63, 3.8) is 0 Å². The molecule has 0 aromatic heterocycles. The van der Waals surface area contributed by atoms with Crippen LogP contribution in [0.15, 0.2) is 24.3 Å². The normalized spacial score (nSPS) is 12.8. The Hall–Kier alpha value is -1.06. The molecule has 0 fully saturated rings. The second-order valence-electron chi connectivity index (χ2n) is 3.04. The number of aromatic hydroxyl groups is 1. The van der Waals surface area contributed by atoms with E-state index in [4.69, 9.17) is 15.3 Å². The molecule has 0 aliphatic rings. The van der Waals surface area contributed by atoms with Crippen LogP contribution in [0, 0.1) is 0 Å². The van der Waals surface area contributed by atoms with Crippen molar-refractivity contribution in [2.24, 2.45) is 0 Å². The minimum atomic E-state index is -0.664. The highest BCUT2D eigenvalue weighted by molar-refractivity contribution is 5.27. The van der Waals surface area contributed by atoms with Crippen molar-refractivity contribution in [3.05, 3.63) is 29.8 Å². The number of hydrogen-bond donors (Lipinski definition) is 3. The van der Waals surface area contributed by atoms with Crippen molar-refractivity contribution in [2.45, 2.75) is 18.9 Å². The van der Waals surface area contributed by atoms with Crippen molar-refractivity contribution in [3.8, 4) is 5.75 Å². The van der Waals surface area contributed by atoms with E-state index < -0.39 is 6.10 Å². The molecule has 3 heteroatoms. The smallest absolute Gasteiger partial charge is 0.115 e. The SMILES string of the molecule is OCC(O)CCc1cccc(O)c1. The predicted molar refractivity (Wildman–Crippen MR) is 49.5 cm³/mol. The summed E-state index contributed by atoms with van der Waals surface area (Å²) in [6.07, 6.45) is 0.512. The van der Waals surface area contributed by atoms with Crippen molar-refractivity contribution >= 4 is 0 Å². The highest BCUT2D eigenvalue weighted by Crippen LogP contribution is 2.12. The van der Waals surface area contributed by atoms with Crippen LogP contribution >= 0.6 is 0 Å². The van der Waals surface area contributed by atoms with Gasteiger partial charge in [-0.05, 0) is 30.5 Å². The van der Waals surface area contributed by atoms with Gasteiger partial charge >= 0.3 is 0 Å². The van der Waals surface area contributed by atoms with E-state index in [1.165, 1.54) is 0 Å². The van der Waals surface area contributed by atoms with E-state index in [1.54, 1.807) is 18.2 Å². The fourth-order valence-electron chi connectivity index (χ4n) is 1.14. The fourth-order valence-corrected chi connectivity index (χ4v) is 1.14. The Bertz CT molecular complexity index is 260. The van der Waals surface area contributed by atoms with Crippen molar-refractivity contribution in [1.82, 2.24) is 0 Å². The summed E-state index contributed by atoms with van der Waals surface area (Å²) in [6, 6.07) is 6.90. The van der Waals surface area contributed by atoms with Gasteiger partial charge in [-0.2, -0.15) is 0 Å². The van der Waals surface area contributed by atoms with E-state index in [1.807, 2.05) is 6.07 Å². The number of rotatable bonds is 4. The highest BCUT2D eigenvalue weighted by atomic mass is 16.3. The van der Waals surface area contributed by atoms with Gasteiger partial charge in [-0.15, -0.1) is 0 Å². The van der Waals surface area contributed by atoms with E-state index in [-0.39, 0.29) is 12.4 Å². The zero-order chi connectivity index (χ0) is 9.68. The molecule has 0 amide bonds. The zero-order valence-electron chi connectivity index (χ0n) is 7.35. The molecule has 0 aliphatic heterocycles. The lowest BCUT2D eigenvalue weighted by atomic mass is 10.1. The summed E-state index contributed by atoms with van der Waals surface area (Å²) < 4.78 is 0. The molecule has 0 saturated carbocycles. The summed E-state index contributed by atoms with van der Waals surface area (Å²) >= 11 is 0. The second-order valence-corrected chi connectivity index (χ2v) is 3.04. The van der Waals surface area contributed by atoms with Crippen LogP contribution in [0.1, 0.15) is 12.0 Å². The largest absolute Gasteiger partial charge is 0.508 e. The third kappa shape index (κ3) is 3.44. The molecular weight excluding hydrogens is 168 g/mol. The van der Waals surface area contributed by atoms with Crippen LogP contribution in [0.3, 0.4) is 0 Å². The van der Waals surface area contributed by atoms with Gasteiger partial charge in [-0.25, -0.2) is 0 Å². The summed E-state index contributed by atoms with van der Waals surface area (Å²) in [5, 5.41) is 26.8. The molecule has 1 aromatic rings. The van der Waals surface area contributed by atoms with Crippen LogP contribution in [0.5, 0.6) is 5.75 Å². The Morgan fingerprint density at radius 3 is 2.69 bits per heavy atom. The van der Waals surface area contributed by atoms with Gasteiger partial charge in [0.1, 0.15) is 5.75 Å². The average Bonchev–Trinajstić information content (AvgIpc) is 2.14. The molecule has 0 spiro atoms. The Labute approximate surface area is 77.3 Å². The maximum Gasteiger partial charge on any atom is 0.115 e. The molecule has 3 nitrogen and oxygen atoms in total. The Balaban J connectivity index is 2.45. The van der Waals surface area contributed by atoms with Gasteiger partial charge in [0.05, 0.1) is 12.7 Å². The molecule has 3 N–H and O–H groups in total. The van der Waals surface area contributed by atoms with Gasteiger partial charge in [-0.3, -0.25) is 0 Å². The third-order valence-corrected chi connectivity index (χ3v) is 1.89. The van der Waals surface area contributed by atoms with Gasteiger partial charge in [0.2, 0.25) is 0 Å². The molecule has 0 saturated heterocycles. The molecular formula is C10H14O3. The van der Waals surface area contributed by atoms with Crippen LogP contribution in [-0.2, 0) is 6.42 Å². The molecule has 1 atom stereocenters. The lowest BCUT2D eigenvalue weighted by molar-refractivity contribution is 0.0885. The van der Waals surface area contributed by atoms with Crippen LogP contribution in [-0.4, -0.2) is 28.0 Å². The molecule has 13 heavy (non-hydrogen) atoms. The molecule has 0 bridgehead atoms. The standard InChI is InChI=1S/C10H14O3/c11-7-10(13)5-4-8-2-1-3-9(12)6-8/h1-3,6,10-13H,4-5,7H2. The van der Waals surface area contributed by atoms with Crippen molar-refractivity contribution in [1.29, 1.82) is 0 Å². The van der Waals surface area contributed by atoms with Crippen molar-refractivity contribution in [2.75, 3.05) is 6.61 Å². The zero-order valence-corrected chi connectivity index (χ0v) is 7.35. The Morgan fingerprint density at radius 1 is 1.31 bits per heavy atom. The minimum Gasteiger partial charge on any atom is -0.508 e. The maximum atomic E-state index is 9.12. The molecule has 0 radical (unpaired) electrons. The van der Waals surface area contributed by atoms with Gasteiger partial charge < -0.3 is 15.3 Å². The lowest BCUT2D eigenvalue weighted by Gasteiger charge is -2.06. The fraction of sp³-hybridized carbons (Fsp3) is 0.400. The van der Waals surface area contributed by atoms with Crippen molar-refractivity contribution < 1.29 is 15.3 Å². The number of benzene rings is 1. The summed E-state index contributed by atoms with van der Waals surface area (Å²) in [7, 11) is 0. The lowest BCUT2D eigenvalue weighted by Crippen LogP contribution is -2.12. The number of hydrogen-bond acceptors (Lipinski definition) is 3.